The number of carbonyl (C=O) groups is 1. The Kier molecular flexibility index (Phi) is 6.56. The molecule has 0 spiro atoms. The van der Waals surface area contributed by atoms with E-state index in [0.717, 1.165) is 0 Å². The van der Waals surface area contributed by atoms with E-state index < -0.39 is 46.2 Å². The van der Waals surface area contributed by atoms with Gasteiger partial charge in [0, 0.05) is 5.39 Å². The molecule has 1 heterocycles. The molecule has 1 fully saturated rings. The quantitative estimate of drug-likeness (QED) is 0.255. The zero-order valence-electron chi connectivity index (χ0n) is 16.4. The molecule has 33 heavy (non-hydrogen) atoms. The van der Waals surface area contributed by atoms with E-state index >= 15 is 0 Å². The van der Waals surface area contributed by atoms with Crippen molar-refractivity contribution in [1.29, 1.82) is 0 Å². The number of hydrogen-bond acceptors (Lipinski definition) is 6. The van der Waals surface area contributed by atoms with Gasteiger partial charge < -0.3 is 14.2 Å². The summed E-state index contributed by atoms with van der Waals surface area (Å²) < 4.78 is 125. The van der Waals surface area contributed by atoms with Crippen LogP contribution in [-0.2, 0) is 30.8 Å². The second kappa shape index (κ2) is 8.65. The van der Waals surface area contributed by atoms with E-state index in [1.54, 1.807) is 24.3 Å². The fourth-order valence-electron chi connectivity index (χ4n) is 3.03. The van der Waals surface area contributed by atoms with Crippen LogP contribution < -0.4 is 4.74 Å². The fraction of sp³-hybridized carbons (Fsp3) is 0.421. The molecule has 1 aliphatic rings. The maximum Gasteiger partial charge on any atom is 0.438 e. The monoisotopic (exact) mass is 502 g/mol. The number of ether oxygens (including phenoxy) is 3. The standard InChI is InChI=1S/C19H16F6O7S/c20-18(21,22)17(19(23,24)25,10-33(27,28)29)32-16(26)7-11-5-12-3-1-2-4-14(12)15(6-11)31-9-13-8-30-13/h1-6,13H,7-10H2,(H,27,28,29). The third-order valence-electron chi connectivity index (χ3n) is 4.65. The zero-order valence-corrected chi connectivity index (χ0v) is 17.3. The molecule has 7 nitrogen and oxygen atoms in total. The van der Waals surface area contributed by atoms with Crippen molar-refractivity contribution >= 4 is 26.9 Å². The average molecular weight is 502 g/mol. The Bertz CT molecular complexity index is 1130. The van der Waals surface area contributed by atoms with Gasteiger partial charge in [0.05, 0.1) is 13.0 Å². The van der Waals surface area contributed by atoms with E-state index in [2.05, 4.69) is 4.74 Å². The van der Waals surface area contributed by atoms with Crippen molar-refractivity contribution in [1.82, 2.24) is 0 Å². The van der Waals surface area contributed by atoms with Gasteiger partial charge in [0.2, 0.25) is 0 Å². The maximum absolute atomic E-state index is 13.4. The lowest BCUT2D eigenvalue weighted by molar-refractivity contribution is -0.361. The number of halogens is 6. The van der Waals surface area contributed by atoms with Gasteiger partial charge in [0.15, 0.2) is 0 Å². The minimum Gasteiger partial charge on any atom is -0.490 e. The molecule has 3 rings (SSSR count). The van der Waals surface area contributed by atoms with Crippen molar-refractivity contribution in [3.63, 3.8) is 0 Å². The zero-order chi connectivity index (χ0) is 24.7. The van der Waals surface area contributed by atoms with Gasteiger partial charge in [-0.1, -0.05) is 30.3 Å². The molecular weight excluding hydrogens is 486 g/mol. The highest BCUT2D eigenvalue weighted by atomic mass is 32.2. The fourth-order valence-corrected chi connectivity index (χ4v) is 3.93. The van der Waals surface area contributed by atoms with Gasteiger partial charge in [-0.25, -0.2) is 0 Å². The molecule has 2 aromatic carbocycles. The number of rotatable bonds is 8. The number of alkyl halides is 6. The molecule has 182 valence electrons. The highest BCUT2D eigenvalue weighted by Gasteiger charge is 2.75. The molecule has 0 saturated carbocycles. The Morgan fingerprint density at radius 2 is 1.70 bits per heavy atom. The van der Waals surface area contributed by atoms with Crippen molar-refractivity contribution in [2.24, 2.45) is 0 Å². The predicted octanol–water partition coefficient (Wildman–Crippen LogP) is 3.45. The van der Waals surface area contributed by atoms with Gasteiger partial charge in [0.1, 0.15) is 24.2 Å². The molecule has 1 N–H and O–H groups in total. The Morgan fingerprint density at radius 3 is 2.24 bits per heavy atom. The molecule has 0 aliphatic carbocycles. The third-order valence-corrected chi connectivity index (χ3v) is 5.42. The number of benzene rings is 2. The lowest BCUT2D eigenvalue weighted by Crippen LogP contribution is -2.63. The first-order valence-corrected chi connectivity index (χ1v) is 10.8. The van der Waals surface area contributed by atoms with Gasteiger partial charge in [-0.2, -0.15) is 34.8 Å². The van der Waals surface area contributed by atoms with E-state index in [0.29, 0.717) is 17.4 Å². The molecule has 1 aliphatic heterocycles. The lowest BCUT2D eigenvalue weighted by atomic mass is 10.0. The molecule has 1 unspecified atom stereocenters. The van der Waals surface area contributed by atoms with Crippen molar-refractivity contribution in [2.75, 3.05) is 19.0 Å². The molecule has 1 saturated heterocycles. The van der Waals surface area contributed by atoms with Crippen LogP contribution in [0.2, 0.25) is 0 Å². The van der Waals surface area contributed by atoms with Crippen molar-refractivity contribution in [3.8, 4) is 5.75 Å². The summed E-state index contributed by atoms with van der Waals surface area (Å²) in [6.07, 6.45) is -14.0. The van der Waals surface area contributed by atoms with Crippen LogP contribution >= 0.6 is 0 Å². The Balaban J connectivity index is 1.92. The van der Waals surface area contributed by atoms with Crippen molar-refractivity contribution in [2.45, 2.75) is 30.5 Å². The Hall–Kier alpha value is -2.58. The normalized spacial score (nSPS) is 17.1. The minimum atomic E-state index is -6.39. The molecule has 0 bridgehead atoms. The van der Waals surface area contributed by atoms with Gasteiger partial charge in [-0.05, 0) is 17.0 Å². The van der Waals surface area contributed by atoms with Gasteiger partial charge in [0.25, 0.3) is 10.1 Å². The van der Waals surface area contributed by atoms with Crippen LogP contribution in [0.25, 0.3) is 10.8 Å². The van der Waals surface area contributed by atoms with Gasteiger partial charge in [-0.15, -0.1) is 0 Å². The number of carbonyl (C=O) groups excluding carboxylic acids is 1. The third kappa shape index (κ3) is 5.86. The smallest absolute Gasteiger partial charge is 0.438 e. The van der Waals surface area contributed by atoms with E-state index in [1.165, 1.54) is 12.1 Å². The van der Waals surface area contributed by atoms with Crippen molar-refractivity contribution < 1.29 is 58.3 Å². The SMILES string of the molecule is O=C(Cc1cc(OCC2CO2)c2ccccc2c1)OC(CS(=O)(=O)O)(C(F)(F)F)C(F)(F)F. The second-order valence-electron chi connectivity index (χ2n) is 7.28. The van der Waals surface area contributed by atoms with E-state index in [9.17, 15) is 39.6 Å². The molecule has 0 aromatic heterocycles. The molecule has 2 aromatic rings. The number of esters is 1. The molecule has 0 amide bonds. The van der Waals surface area contributed by atoms with E-state index in [4.69, 9.17) is 14.0 Å². The van der Waals surface area contributed by atoms with Crippen LogP contribution in [0.1, 0.15) is 5.56 Å². The number of hydrogen-bond donors (Lipinski definition) is 1. The summed E-state index contributed by atoms with van der Waals surface area (Å²) in [5, 5.41) is 1.05. The lowest BCUT2D eigenvalue weighted by Gasteiger charge is -2.35. The van der Waals surface area contributed by atoms with Crippen LogP contribution in [0.4, 0.5) is 26.3 Å². The average Bonchev–Trinajstić information content (AvgIpc) is 3.47. The summed E-state index contributed by atoms with van der Waals surface area (Å²) in [4.78, 5) is 12.2. The topological polar surface area (TPSA) is 102 Å². The summed E-state index contributed by atoms with van der Waals surface area (Å²) in [5.74, 6) is -4.74. The maximum atomic E-state index is 13.4. The van der Waals surface area contributed by atoms with Crippen LogP contribution in [0.15, 0.2) is 36.4 Å². The highest BCUT2D eigenvalue weighted by Crippen LogP contribution is 2.47. The van der Waals surface area contributed by atoms with Gasteiger partial charge in [-0.3, -0.25) is 9.35 Å². The number of fused-ring (bicyclic) bond motifs is 1. The summed E-state index contributed by atoms with van der Waals surface area (Å²) in [6, 6.07) is 9.11. The second-order valence-corrected chi connectivity index (χ2v) is 8.73. The summed E-state index contributed by atoms with van der Waals surface area (Å²) >= 11 is 0. The molecule has 1 atom stereocenters. The highest BCUT2D eigenvalue weighted by molar-refractivity contribution is 7.85. The summed E-state index contributed by atoms with van der Waals surface area (Å²) in [6.45, 7) is 0.603. The van der Waals surface area contributed by atoms with Gasteiger partial charge >= 0.3 is 23.9 Å². The van der Waals surface area contributed by atoms with E-state index in [1.807, 2.05) is 0 Å². The largest absolute Gasteiger partial charge is 0.490 e. The summed E-state index contributed by atoms with van der Waals surface area (Å²) in [5.41, 5.74) is -5.50. The first-order chi connectivity index (χ1) is 15.1. The first-order valence-electron chi connectivity index (χ1n) is 9.18. The Morgan fingerprint density at radius 1 is 1.09 bits per heavy atom. The minimum absolute atomic E-state index is 0.0458. The van der Waals surface area contributed by atoms with Crippen LogP contribution in [0, 0.1) is 0 Å². The molecule has 0 radical (unpaired) electrons. The molecular formula is C19H16F6O7S. The number of epoxide rings is 1. The Labute approximate surface area is 183 Å². The molecule has 14 heteroatoms. The van der Waals surface area contributed by atoms with Crippen LogP contribution in [-0.4, -0.2) is 62.0 Å². The van der Waals surface area contributed by atoms with Crippen LogP contribution in [0.5, 0.6) is 5.75 Å². The van der Waals surface area contributed by atoms with E-state index in [-0.39, 0.29) is 24.0 Å². The first kappa shape index (κ1) is 25.1. The van der Waals surface area contributed by atoms with Crippen LogP contribution in [0.3, 0.4) is 0 Å². The predicted molar refractivity (Wildman–Crippen MR) is 100 cm³/mol. The van der Waals surface area contributed by atoms with Crippen molar-refractivity contribution in [3.05, 3.63) is 42.0 Å². The summed E-state index contributed by atoms with van der Waals surface area (Å²) in [7, 11) is -5.86.